The van der Waals surface area contributed by atoms with Gasteiger partial charge >= 0.3 is 6.18 Å². The van der Waals surface area contributed by atoms with Gasteiger partial charge in [0.15, 0.2) is 0 Å². The van der Waals surface area contributed by atoms with Crippen molar-refractivity contribution in [1.29, 1.82) is 0 Å². The molecule has 0 saturated carbocycles. The van der Waals surface area contributed by atoms with Crippen LogP contribution in [0.2, 0.25) is 0 Å². The van der Waals surface area contributed by atoms with Gasteiger partial charge in [0.05, 0.1) is 18.6 Å². The topological polar surface area (TPSA) is 49.9 Å². The number of benzene rings is 2. The lowest BCUT2D eigenvalue weighted by atomic mass is 10.1. The van der Waals surface area contributed by atoms with E-state index < -0.39 is 17.7 Å². The second-order valence-electron chi connectivity index (χ2n) is 7.38. The van der Waals surface area contributed by atoms with Gasteiger partial charge in [0.25, 0.3) is 0 Å². The number of hydrogen-bond donors (Lipinski definition) is 0. The third kappa shape index (κ3) is 4.93. The zero-order chi connectivity index (χ0) is 21.9. The first kappa shape index (κ1) is 21.7. The van der Waals surface area contributed by atoms with Crippen LogP contribution >= 0.6 is 0 Å². The maximum Gasteiger partial charge on any atom is 0.416 e. The minimum Gasteiger partial charge on any atom is -0.496 e. The van der Waals surface area contributed by atoms with Crippen LogP contribution in [0.5, 0.6) is 5.75 Å². The van der Waals surface area contributed by atoms with Crippen LogP contribution in [0.15, 0.2) is 48.5 Å². The zero-order valence-corrected chi connectivity index (χ0v) is 16.8. The van der Waals surface area contributed by atoms with Crippen molar-refractivity contribution in [2.75, 3.05) is 20.7 Å². The van der Waals surface area contributed by atoms with Gasteiger partial charge in [0.1, 0.15) is 5.75 Å². The fraction of sp³-hybridized carbons (Fsp3) is 0.364. The highest BCUT2D eigenvalue weighted by Crippen LogP contribution is 2.30. The van der Waals surface area contributed by atoms with Gasteiger partial charge in [-0.15, -0.1) is 0 Å². The standard InChI is InChI=1S/C22H23F3N2O3/c1-26(13-16-7-3-4-9-19(16)30-2)21(29)17-11-20(28)27(14-17)12-15-6-5-8-18(10-15)22(23,24)25/h3-10,17H,11-14H2,1-2H3/t17-/m0/s1. The number of carbonyl (C=O) groups excluding carboxylic acids is 2. The predicted octanol–water partition coefficient (Wildman–Crippen LogP) is 3.72. The van der Waals surface area contributed by atoms with Crippen LogP contribution in [0.25, 0.3) is 0 Å². The molecule has 2 aromatic carbocycles. The molecule has 1 aliphatic heterocycles. The molecule has 1 saturated heterocycles. The Morgan fingerprint density at radius 3 is 2.63 bits per heavy atom. The summed E-state index contributed by atoms with van der Waals surface area (Å²) in [4.78, 5) is 28.2. The Morgan fingerprint density at radius 2 is 1.93 bits per heavy atom. The summed E-state index contributed by atoms with van der Waals surface area (Å²) in [5, 5.41) is 0. The number of para-hydroxylation sites is 1. The third-order valence-corrected chi connectivity index (χ3v) is 5.17. The van der Waals surface area contributed by atoms with Crippen molar-refractivity contribution < 1.29 is 27.5 Å². The van der Waals surface area contributed by atoms with Crippen LogP contribution in [0.3, 0.4) is 0 Å². The Bertz CT molecular complexity index is 930. The minimum atomic E-state index is -4.44. The average molecular weight is 420 g/mol. The maximum absolute atomic E-state index is 12.9. The summed E-state index contributed by atoms with van der Waals surface area (Å²) < 4.78 is 44.0. The quantitative estimate of drug-likeness (QED) is 0.716. The number of likely N-dealkylation sites (tertiary alicyclic amines) is 1. The van der Waals surface area contributed by atoms with E-state index >= 15 is 0 Å². The summed E-state index contributed by atoms with van der Waals surface area (Å²) in [5.74, 6) is -0.272. The molecular formula is C22H23F3N2O3. The largest absolute Gasteiger partial charge is 0.496 e. The molecule has 0 spiro atoms. The van der Waals surface area contributed by atoms with Gasteiger partial charge in [-0.3, -0.25) is 9.59 Å². The summed E-state index contributed by atoms with van der Waals surface area (Å²) in [6.07, 6.45) is -4.39. The van der Waals surface area contributed by atoms with Crippen LogP contribution in [0.1, 0.15) is 23.1 Å². The van der Waals surface area contributed by atoms with Crippen LogP contribution < -0.4 is 4.74 Å². The summed E-state index contributed by atoms with van der Waals surface area (Å²) in [5.41, 5.74) is 0.477. The van der Waals surface area contributed by atoms with Gasteiger partial charge < -0.3 is 14.5 Å². The van der Waals surface area contributed by atoms with Gasteiger partial charge in [-0.05, 0) is 23.8 Å². The van der Waals surface area contributed by atoms with E-state index in [1.54, 1.807) is 25.1 Å². The molecule has 0 bridgehead atoms. The highest BCUT2D eigenvalue weighted by atomic mass is 19.4. The lowest BCUT2D eigenvalue weighted by Crippen LogP contribution is -2.34. The average Bonchev–Trinajstić information content (AvgIpc) is 3.07. The highest BCUT2D eigenvalue weighted by Gasteiger charge is 2.36. The number of ether oxygens (including phenoxy) is 1. The summed E-state index contributed by atoms with van der Waals surface area (Å²) in [6, 6.07) is 12.3. The van der Waals surface area contributed by atoms with E-state index in [4.69, 9.17) is 4.74 Å². The molecule has 0 aliphatic carbocycles. The Hall–Kier alpha value is -3.03. The number of carbonyl (C=O) groups is 2. The SMILES string of the molecule is COc1ccccc1CN(C)C(=O)[C@H]1CC(=O)N(Cc2cccc(C(F)(F)F)c2)C1. The molecule has 2 amide bonds. The number of methoxy groups -OCH3 is 1. The molecule has 0 aromatic heterocycles. The Morgan fingerprint density at radius 1 is 1.20 bits per heavy atom. The van der Waals surface area contributed by atoms with Gasteiger partial charge in [0, 0.05) is 38.7 Å². The van der Waals surface area contributed by atoms with Crippen LogP contribution in [0.4, 0.5) is 13.2 Å². The van der Waals surface area contributed by atoms with E-state index in [2.05, 4.69) is 0 Å². The normalized spacial score (nSPS) is 16.6. The first-order valence-corrected chi connectivity index (χ1v) is 9.50. The molecule has 0 radical (unpaired) electrons. The number of hydrogen-bond acceptors (Lipinski definition) is 3. The monoisotopic (exact) mass is 420 g/mol. The smallest absolute Gasteiger partial charge is 0.416 e. The molecule has 0 N–H and O–H groups in total. The molecule has 5 nitrogen and oxygen atoms in total. The third-order valence-electron chi connectivity index (χ3n) is 5.17. The molecule has 30 heavy (non-hydrogen) atoms. The van der Waals surface area contributed by atoms with E-state index in [9.17, 15) is 22.8 Å². The number of nitrogens with zero attached hydrogens (tertiary/aromatic N) is 2. The number of halogens is 3. The molecule has 1 atom stereocenters. The van der Waals surface area contributed by atoms with Gasteiger partial charge in [-0.25, -0.2) is 0 Å². The maximum atomic E-state index is 12.9. The van der Waals surface area contributed by atoms with Crippen molar-refractivity contribution in [1.82, 2.24) is 9.80 Å². The predicted molar refractivity (Wildman–Crippen MR) is 104 cm³/mol. The fourth-order valence-corrected chi connectivity index (χ4v) is 3.64. The molecule has 1 fully saturated rings. The summed E-state index contributed by atoms with van der Waals surface area (Å²) >= 11 is 0. The van der Waals surface area contributed by atoms with Gasteiger partial charge in [0.2, 0.25) is 11.8 Å². The Kier molecular flexibility index (Phi) is 6.34. The molecule has 0 unspecified atom stereocenters. The molecule has 1 heterocycles. The molecule has 3 rings (SSSR count). The highest BCUT2D eigenvalue weighted by molar-refractivity contribution is 5.89. The fourth-order valence-electron chi connectivity index (χ4n) is 3.64. The van der Waals surface area contributed by atoms with E-state index in [0.29, 0.717) is 17.9 Å². The number of amides is 2. The van der Waals surface area contributed by atoms with Crippen LogP contribution in [-0.2, 0) is 28.9 Å². The second-order valence-corrected chi connectivity index (χ2v) is 7.38. The van der Waals surface area contributed by atoms with Gasteiger partial charge in [-0.1, -0.05) is 30.3 Å². The van der Waals surface area contributed by atoms with Crippen molar-refractivity contribution >= 4 is 11.8 Å². The molecular weight excluding hydrogens is 397 g/mol. The lowest BCUT2D eigenvalue weighted by molar-refractivity contribution is -0.137. The molecule has 8 heteroatoms. The van der Waals surface area contributed by atoms with E-state index in [0.717, 1.165) is 17.7 Å². The first-order valence-electron chi connectivity index (χ1n) is 9.50. The van der Waals surface area contributed by atoms with E-state index in [1.165, 1.54) is 11.0 Å². The number of rotatable bonds is 6. The first-order chi connectivity index (χ1) is 14.2. The van der Waals surface area contributed by atoms with Crippen molar-refractivity contribution in [2.45, 2.75) is 25.7 Å². The molecule has 1 aliphatic rings. The van der Waals surface area contributed by atoms with Crippen molar-refractivity contribution in [2.24, 2.45) is 5.92 Å². The minimum absolute atomic E-state index is 0.0444. The van der Waals surface area contributed by atoms with Crippen molar-refractivity contribution in [3.8, 4) is 5.75 Å². The summed E-state index contributed by atoms with van der Waals surface area (Å²) in [6.45, 7) is 0.564. The molecule has 160 valence electrons. The Balaban J connectivity index is 1.64. The number of alkyl halides is 3. The van der Waals surface area contributed by atoms with Crippen molar-refractivity contribution in [3.05, 3.63) is 65.2 Å². The van der Waals surface area contributed by atoms with Crippen molar-refractivity contribution in [3.63, 3.8) is 0 Å². The van der Waals surface area contributed by atoms with Crippen LogP contribution in [0, 0.1) is 5.92 Å². The van der Waals surface area contributed by atoms with E-state index in [-0.39, 0.29) is 31.3 Å². The van der Waals surface area contributed by atoms with Crippen LogP contribution in [-0.4, -0.2) is 42.3 Å². The second kappa shape index (κ2) is 8.77. The lowest BCUT2D eigenvalue weighted by Gasteiger charge is -2.22. The summed E-state index contributed by atoms with van der Waals surface area (Å²) in [7, 11) is 3.22. The molecule has 2 aromatic rings. The Labute approximate surface area is 173 Å². The van der Waals surface area contributed by atoms with E-state index in [1.807, 2.05) is 24.3 Å². The van der Waals surface area contributed by atoms with Gasteiger partial charge in [-0.2, -0.15) is 13.2 Å². The zero-order valence-electron chi connectivity index (χ0n) is 16.8.